The lowest BCUT2D eigenvalue weighted by Gasteiger charge is -2.27. The molecule has 0 aliphatic heterocycles. The van der Waals surface area contributed by atoms with Crippen LogP contribution in [0.15, 0.2) is 0 Å². The molecule has 2 atom stereocenters. The van der Waals surface area contributed by atoms with E-state index < -0.39 is 0 Å². The maximum Gasteiger partial charge on any atom is 0.109 e. The highest BCUT2D eigenvalue weighted by Crippen LogP contribution is 2.36. The molecule has 0 bridgehead atoms. The van der Waals surface area contributed by atoms with E-state index in [1.165, 1.54) is 12.8 Å². The predicted octanol–water partition coefficient (Wildman–Crippen LogP) is 2.37. The fraction of sp³-hybridized carbons (Fsp3) is 0.923. The fourth-order valence-electron chi connectivity index (χ4n) is 2.48. The molecule has 90 valence electrons. The number of hydrogen-bond acceptors (Lipinski definition) is 3. The number of nitriles is 1. The van der Waals surface area contributed by atoms with E-state index in [9.17, 15) is 5.26 Å². The highest BCUT2D eigenvalue weighted by Gasteiger charge is 2.44. The number of nitrogens with one attached hydrogen (secondary N) is 1. The van der Waals surface area contributed by atoms with Gasteiger partial charge in [0.25, 0.3) is 0 Å². The Morgan fingerprint density at radius 2 is 2.00 bits per heavy atom. The van der Waals surface area contributed by atoms with Crippen LogP contribution in [0.4, 0.5) is 0 Å². The Hall–Kier alpha value is -0.590. The molecule has 0 spiro atoms. The quantitative estimate of drug-likeness (QED) is 0.797. The summed E-state index contributed by atoms with van der Waals surface area (Å²) >= 11 is 0. The maximum absolute atomic E-state index is 9.34. The van der Waals surface area contributed by atoms with E-state index in [-0.39, 0.29) is 17.2 Å². The largest absolute Gasteiger partial charge is 0.373 e. The van der Waals surface area contributed by atoms with Crippen LogP contribution in [0, 0.1) is 11.3 Å². The van der Waals surface area contributed by atoms with Crippen LogP contribution in [0.2, 0.25) is 0 Å². The van der Waals surface area contributed by atoms with E-state index in [1.807, 2.05) is 0 Å². The standard InChI is InChI=1S/C13H22N2O/c1-12(2,3)16-11-6-7-13(8-11,9-14)15-10-4-5-10/h10-11,15H,4-8H2,1-3H3. The molecular formula is C13H22N2O. The van der Waals surface area contributed by atoms with Gasteiger partial charge >= 0.3 is 0 Å². The van der Waals surface area contributed by atoms with E-state index >= 15 is 0 Å². The molecule has 3 nitrogen and oxygen atoms in total. The zero-order valence-corrected chi connectivity index (χ0v) is 10.5. The van der Waals surface area contributed by atoms with Gasteiger partial charge < -0.3 is 4.74 Å². The minimum atomic E-state index is -0.308. The van der Waals surface area contributed by atoms with Crippen LogP contribution in [0.5, 0.6) is 0 Å². The van der Waals surface area contributed by atoms with Gasteiger partial charge in [-0.1, -0.05) is 0 Å². The van der Waals surface area contributed by atoms with Crippen molar-refractivity contribution in [3.63, 3.8) is 0 Å². The monoisotopic (exact) mass is 222 g/mol. The van der Waals surface area contributed by atoms with Crippen LogP contribution in [0.3, 0.4) is 0 Å². The van der Waals surface area contributed by atoms with Crippen molar-refractivity contribution in [1.82, 2.24) is 5.32 Å². The fourth-order valence-corrected chi connectivity index (χ4v) is 2.48. The summed E-state index contributed by atoms with van der Waals surface area (Å²) in [6, 6.07) is 3.06. The molecule has 2 unspecified atom stereocenters. The number of hydrogen-bond donors (Lipinski definition) is 1. The van der Waals surface area contributed by atoms with E-state index in [4.69, 9.17) is 4.74 Å². The molecule has 0 aromatic carbocycles. The minimum absolute atomic E-state index is 0.101. The molecule has 0 aromatic heterocycles. The Balaban J connectivity index is 1.91. The van der Waals surface area contributed by atoms with E-state index in [0.29, 0.717) is 6.04 Å². The Morgan fingerprint density at radius 3 is 2.50 bits per heavy atom. The van der Waals surface area contributed by atoms with Crippen molar-refractivity contribution in [3.8, 4) is 6.07 Å². The highest BCUT2D eigenvalue weighted by atomic mass is 16.5. The molecule has 2 aliphatic carbocycles. The Bertz CT molecular complexity index is 298. The molecule has 0 saturated heterocycles. The van der Waals surface area contributed by atoms with Gasteiger partial charge in [-0.05, 0) is 46.5 Å². The second kappa shape index (κ2) is 4.01. The first-order chi connectivity index (χ1) is 7.42. The van der Waals surface area contributed by atoms with Crippen molar-refractivity contribution in [2.45, 2.75) is 76.2 Å². The Morgan fingerprint density at radius 1 is 1.31 bits per heavy atom. The number of nitrogens with zero attached hydrogens (tertiary/aromatic N) is 1. The van der Waals surface area contributed by atoms with Crippen LogP contribution in [-0.4, -0.2) is 23.3 Å². The van der Waals surface area contributed by atoms with Crippen molar-refractivity contribution in [2.24, 2.45) is 0 Å². The Labute approximate surface area is 98.2 Å². The van der Waals surface area contributed by atoms with Gasteiger partial charge in [0.05, 0.1) is 17.8 Å². The Kier molecular flexibility index (Phi) is 2.98. The predicted molar refractivity (Wildman–Crippen MR) is 63.0 cm³/mol. The van der Waals surface area contributed by atoms with E-state index in [1.54, 1.807) is 0 Å². The van der Waals surface area contributed by atoms with Gasteiger partial charge in [-0.3, -0.25) is 5.32 Å². The van der Waals surface area contributed by atoms with E-state index in [2.05, 4.69) is 32.2 Å². The van der Waals surface area contributed by atoms with Crippen LogP contribution in [-0.2, 0) is 4.74 Å². The first-order valence-electron chi connectivity index (χ1n) is 6.29. The van der Waals surface area contributed by atoms with Gasteiger partial charge in [0.2, 0.25) is 0 Å². The third-order valence-electron chi connectivity index (χ3n) is 3.26. The first kappa shape index (κ1) is 11.9. The topological polar surface area (TPSA) is 45.0 Å². The molecule has 2 fully saturated rings. The van der Waals surface area contributed by atoms with Gasteiger partial charge in [0, 0.05) is 12.5 Å². The van der Waals surface area contributed by atoms with Gasteiger partial charge in [-0.2, -0.15) is 5.26 Å². The lowest BCUT2D eigenvalue weighted by atomic mass is 9.99. The zero-order valence-electron chi connectivity index (χ0n) is 10.5. The van der Waals surface area contributed by atoms with Crippen molar-refractivity contribution in [2.75, 3.05) is 0 Å². The van der Waals surface area contributed by atoms with Crippen molar-refractivity contribution >= 4 is 0 Å². The lowest BCUT2D eigenvalue weighted by molar-refractivity contribution is -0.0577. The average Bonchev–Trinajstić information content (AvgIpc) is 2.87. The van der Waals surface area contributed by atoms with Crippen LogP contribution in [0.1, 0.15) is 52.9 Å². The highest BCUT2D eigenvalue weighted by molar-refractivity contribution is 5.14. The lowest BCUT2D eigenvalue weighted by Crippen LogP contribution is -2.43. The summed E-state index contributed by atoms with van der Waals surface area (Å²) in [5.41, 5.74) is -0.410. The molecule has 2 rings (SSSR count). The summed E-state index contributed by atoms with van der Waals surface area (Å²) in [5, 5.41) is 12.8. The minimum Gasteiger partial charge on any atom is -0.373 e. The smallest absolute Gasteiger partial charge is 0.109 e. The van der Waals surface area contributed by atoms with Crippen LogP contribution >= 0.6 is 0 Å². The van der Waals surface area contributed by atoms with E-state index in [0.717, 1.165) is 19.3 Å². The molecule has 0 aromatic rings. The molecule has 0 heterocycles. The molecule has 2 aliphatic rings. The molecule has 0 amide bonds. The van der Waals surface area contributed by atoms with Crippen LogP contribution in [0.25, 0.3) is 0 Å². The third-order valence-corrected chi connectivity index (χ3v) is 3.26. The van der Waals surface area contributed by atoms with Gasteiger partial charge in [-0.15, -0.1) is 0 Å². The average molecular weight is 222 g/mol. The summed E-state index contributed by atoms with van der Waals surface area (Å²) in [6.45, 7) is 6.23. The van der Waals surface area contributed by atoms with Crippen LogP contribution < -0.4 is 5.32 Å². The number of ether oxygens (including phenoxy) is 1. The van der Waals surface area contributed by atoms with Crippen molar-refractivity contribution in [3.05, 3.63) is 0 Å². The van der Waals surface area contributed by atoms with Gasteiger partial charge in [0.1, 0.15) is 5.54 Å². The summed E-state index contributed by atoms with van der Waals surface area (Å²) in [4.78, 5) is 0. The van der Waals surface area contributed by atoms with Crippen molar-refractivity contribution < 1.29 is 4.74 Å². The second-order valence-electron chi connectivity index (χ2n) is 6.21. The SMILES string of the molecule is CC(C)(C)OC1CCC(C#N)(NC2CC2)C1. The molecule has 1 N–H and O–H groups in total. The third kappa shape index (κ3) is 2.96. The molecule has 16 heavy (non-hydrogen) atoms. The van der Waals surface area contributed by atoms with Crippen molar-refractivity contribution in [1.29, 1.82) is 5.26 Å². The summed E-state index contributed by atoms with van der Waals surface area (Å²) in [7, 11) is 0. The molecule has 2 saturated carbocycles. The summed E-state index contributed by atoms with van der Waals surface area (Å²) in [6.07, 6.45) is 5.48. The molecule has 3 heteroatoms. The number of rotatable bonds is 3. The normalized spacial score (nSPS) is 35.0. The summed E-state index contributed by atoms with van der Waals surface area (Å²) in [5.74, 6) is 0. The second-order valence-corrected chi connectivity index (χ2v) is 6.21. The van der Waals surface area contributed by atoms with Gasteiger partial charge in [0.15, 0.2) is 0 Å². The maximum atomic E-state index is 9.34. The molecular weight excluding hydrogens is 200 g/mol. The van der Waals surface area contributed by atoms with Gasteiger partial charge in [-0.25, -0.2) is 0 Å². The summed E-state index contributed by atoms with van der Waals surface area (Å²) < 4.78 is 5.97. The first-order valence-corrected chi connectivity index (χ1v) is 6.29. The molecule has 0 radical (unpaired) electrons. The zero-order chi connectivity index (χ0) is 11.8.